The minimum Gasteiger partial charge on any atom is -0.465 e. The van der Waals surface area contributed by atoms with E-state index in [2.05, 4.69) is 4.74 Å². The first-order chi connectivity index (χ1) is 10.2. The smallest absolute Gasteiger partial charge is 0.465 e. The summed E-state index contributed by atoms with van der Waals surface area (Å²) < 4.78 is 41.4. The molecule has 1 aliphatic rings. The lowest BCUT2D eigenvalue weighted by Gasteiger charge is -2.29. The topological polar surface area (TPSA) is 70.0 Å². The molecule has 8 heteroatoms. The van der Waals surface area contributed by atoms with Crippen LogP contribution in [0.2, 0.25) is 0 Å². The number of para-hydroxylation sites is 1. The molecule has 1 saturated heterocycles. The molecule has 2 N–H and O–H groups in total. The van der Waals surface area contributed by atoms with E-state index in [0.717, 1.165) is 11.0 Å². The molecule has 1 amide bonds. The molecule has 1 atom stereocenters. The Bertz CT molecular complexity index is 549. The van der Waals surface area contributed by atoms with Gasteiger partial charge in [0.1, 0.15) is 5.75 Å². The van der Waals surface area contributed by atoms with Crippen molar-refractivity contribution in [2.24, 2.45) is 0 Å². The molecule has 2 rings (SSSR count). The van der Waals surface area contributed by atoms with Crippen molar-refractivity contribution >= 4 is 6.09 Å². The molecule has 1 heterocycles. The third-order valence-electron chi connectivity index (χ3n) is 3.70. The minimum absolute atomic E-state index is 0.0114. The van der Waals surface area contributed by atoms with Crippen molar-refractivity contribution in [2.45, 2.75) is 31.2 Å². The second-order valence-electron chi connectivity index (χ2n) is 5.20. The Kier molecular flexibility index (Phi) is 4.50. The number of alkyl halides is 3. The van der Waals surface area contributed by atoms with E-state index in [-0.39, 0.29) is 31.5 Å². The number of carboxylic acid groups (broad SMARTS) is 1. The van der Waals surface area contributed by atoms with Gasteiger partial charge >= 0.3 is 12.5 Å². The summed E-state index contributed by atoms with van der Waals surface area (Å²) in [5.41, 5.74) is -1.52. The molecule has 0 bridgehead atoms. The molecule has 1 aromatic carbocycles. The van der Waals surface area contributed by atoms with Crippen molar-refractivity contribution in [3.63, 3.8) is 0 Å². The minimum atomic E-state index is -4.86. The number of rotatable bonds is 2. The Hall–Kier alpha value is -1.96. The maximum absolute atomic E-state index is 12.5. The lowest BCUT2D eigenvalue weighted by Crippen LogP contribution is -2.33. The van der Waals surface area contributed by atoms with Gasteiger partial charge in [0.25, 0.3) is 0 Å². The van der Waals surface area contributed by atoms with Gasteiger partial charge in [0.05, 0.1) is 5.60 Å². The number of halogens is 3. The van der Waals surface area contributed by atoms with Gasteiger partial charge in [-0.25, -0.2) is 4.79 Å². The van der Waals surface area contributed by atoms with E-state index >= 15 is 0 Å². The molecule has 0 spiro atoms. The van der Waals surface area contributed by atoms with Gasteiger partial charge in [-0.15, -0.1) is 13.2 Å². The Morgan fingerprint density at radius 2 is 1.91 bits per heavy atom. The zero-order valence-electron chi connectivity index (χ0n) is 11.6. The summed E-state index contributed by atoms with van der Waals surface area (Å²) in [6.07, 6.45) is -5.44. The van der Waals surface area contributed by atoms with E-state index in [9.17, 15) is 23.1 Å². The quantitative estimate of drug-likeness (QED) is 0.879. The number of nitrogens with zero attached hydrogens (tertiary/aromatic N) is 1. The van der Waals surface area contributed by atoms with E-state index in [4.69, 9.17) is 5.11 Å². The first-order valence-corrected chi connectivity index (χ1v) is 6.77. The van der Waals surface area contributed by atoms with Gasteiger partial charge in [-0.3, -0.25) is 0 Å². The monoisotopic (exact) mass is 319 g/mol. The van der Waals surface area contributed by atoms with Crippen LogP contribution in [0.25, 0.3) is 0 Å². The highest BCUT2D eigenvalue weighted by Gasteiger charge is 2.38. The molecule has 0 radical (unpaired) electrons. The van der Waals surface area contributed by atoms with Crippen LogP contribution in [-0.2, 0) is 5.60 Å². The Morgan fingerprint density at radius 1 is 1.23 bits per heavy atom. The highest BCUT2D eigenvalue weighted by atomic mass is 19.4. The third-order valence-corrected chi connectivity index (χ3v) is 3.70. The summed E-state index contributed by atoms with van der Waals surface area (Å²) in [7, 11) is 0. The van der Waals surface area contributed by atoms with Gasteiger partial charge in [0, 0.05) is 18.7 Å². The van der Waals surface area contributed by atoms with Crippen LogP contribution in [0.5, 0.6) is 5.75 Å². The predicted molar refractivity (Wildman–Crippen MR) is 70.5 cm³/mol. The molecule has 0 aromatic heterocycles. The normalized spacial score (nSPS) is 23.0. The van der Waals surface area contributed by atoms with Crippen LogP contribution < -0.4 is 4.74 Å². The maximum Gasteiger partial charge on any atom is 0.573 e. The van der Waals surface area contributed by atoms with E-state index in [1.165, 1.54) is 18.2 Å². The van der Waals surface area contributed by atoms with Crippen molar-refractivity contribution < 1.29 is 32.9 Å². The first-order valence-electron chi connectivity index (χ1n) is 6.77. The second-order valence-corrected chi connectivity index (χ2v) is 5.20. The van der Waals surface area contributed by atoms with Gasteiger partial charge in [-0.05, 0) is 25.3 Å². The number of benzene rings is 1. The number of likely N-dealkylation sites (tertiary alicyclic amines) is 1. The summed E-state index contributed by atoms with van der Waals surface area (Å²) in [5, 5.41) is 19.7. The van der Waals surface area contributed by atoms with E-state index in [1.807, 2.05) is 0 Å². The third kappa shape index (κ3) is 3.82. The molecule has 0 saturated carbocycles. The standard InChI is InChI=1S/C14H16F3NO4/c15-14(16,17)22-11-5-2-1-4-10(11)13(21)6-3-8-18(9-7-13)12(19)20/h1-2,4-5,21H,3,6-9H2,(H,19,20). The van der Waals surface area contributed by atoms with Crippen LogP contribution in [0.1, 0.15) is 24.8 Å². The molecule has 1 aromatic rings. The molecule has 122 valence electrons. The lowest BCUT2D eigenvalue weighted by molar-refractivity contribution is -0.275. The van der Waals surface area contributed by atoms with Crippen molar-refractivity contribution in [3.05, 3.63) is 29.8 Å². The number of hydrogen-bond acceptors (Lipinski definition) is 3. The summed E-state index contributed by atoms with van der Waals surface area (Å²) in [4.78, 5) is 12.1. The molecular formula is C14H16F3NO4. The number of carbonyl (C=O) groups is 1. The van der Waals surface area contributed by atoms with E-state index in [1.54, 1.807) is 0 Å². The zero-order chi connectivity index (χ0) is 16.4. The number of aliphatic hydroxyl groups is 1. The Morgan fingerprint density at radius 3 is 2.55 bits per heavy atom. The van der Waals surface area contributed by atoms with E-state index < -0.39 is 23.8 Å². The fraction of sp³-hybridized carbons (Fsp3) is 0.500. The largest absolute Gasteiger partial charge is 0.573 e. The summed E-state index contributed by atoms with van der Waals surface area (Å²) in [6, 6.07) is 5.41. The highest BCUT2D eigenvalue weighted by Crippen LogP contribution is 2.39. The van der Waals surface area contributed by atoms with Crippen LogP contribution in [0.3, 0.4) is 0 Å². The first kappa shape index (κ1) is 16.4. The fourth-order valence-electron chi connectivity index (χ4n) is 2.64. The Balaban J connectivity index is 2.28. The van der Waals surface area contributed by atoms with Crippen molar-refractivity contribution in [3.8, 4) is 5.75 Å². The van der Waals surface area contributed by atoms with Crippen LogP contribution >= 0.6 is 0 Å². The summed E-state index contributed by atoms with van der Waals surface area (Å²) >= 11 is 0. The number of hydrogen-bond donors (Lipinski definition) is 2. The molecule has 1 aliphatic heterocycles. The van der Waals surface area contributed by atoms with Crippen LogP contribution in [0.15, 0.2) is 24.3 Å². The predicted octanol–water partition coefficient (Wildman–Crippen LogP) is 2.94. The summed E-state index contributed by atoms with van der Waals surface area (Å²) in [6.45, 7) is 0.284. The van der Waals surface area contributed by atoms with Gasteiger partial charge in [0.2, 0.25) is 0 Å². The molecule has 5 nitrogen and oxygen atoms in total. The van der Waals surface area contributed by atoms with Gasteiger partial charge in [-0.1, -0.05) is 18.2 Å². The average Bonchev–Trinajstić information content (AvgIpc) is 2.60. The lowest BCUT2D eigenvalue weighted by atomic mass is 9.86. The summed E-state index contributed by atoms with van der Waals surface area (Å²) in [5.74, 6) is -0.457. The number of amides is 1. The SMILES string of the molecule is O=C(O)N1CCCC(O)(c2ccccc2OC(F)(F)F)CC1. The van der Waals surface area contributed by atoms with Crippen LogP contribution in [0, 0.1) is 0 Å². The zero-order valence-corrected chi connectivity index (χ0v) is 11.6. The molecular weight excluding hydrogens is 303 g/mol. The van der Waals surface area contributed by atoms with Crippen molar-refractivity contribution in [2.75, 3.05) is 13.1 Å². The van der Waals surface area contributed by atoms with Gasteiger partial charge in [-0.2, -0.15) is 0 Å². The molecule has 0 aliphatic carbocycles. The fourth-order valence-corrected chi connectivity index (χ4v) is 2.64. The second kappa shape index (κ2) is 6.04. The van der Waals surface area contributed by atoms with Crippen molar-refractivity contribution in [1.29, 1.82) is 0 Å². The Labute approximate surface area is 124 Å². The van der Waals surface area contributed by atoms with Gasteiger partial charge in [0.15, 0.2) is 0 Å². The van der Waals surface area contributed by atoms with Gasteiger partial charge < -0.3 is 19.8 Å². The maximum atomic E-state index is 12.5. The number of ether oxygens (including phenoxy) is 1. The highest BCUT2D eigenvalue weighted by molar-refractivity contribution is 5.65. The van der Waals surface area contributed by atoms with Crippen molar-refractivity contribution in [1.82, 2.24) is 4.90 Å². The van der Waals surface area contributed by atoms with E-state index in [0.29, 0.717) is 6.42 Å². The molecule has 1 fully saturated rings. The molecule has 22 heavy (non-hydrogen) atoms. The van der Waals surface area contributed by atoms with Crippen LogP contribution in [-0.4, -0.2) is 40.7 Å². The molecule has 1 unspecified atom stereocenters. The average molecular weight is 319 g/mol. The van der Waals surface area contributed by atoms with Crippen LogP contribution in [0.4, 0.5) is 18.0 Å².